The van der Waals surface area contributed by atoms with Crippen LogP contribution in [0, 0.1) is 11.3 Å². The largest absolute Gasteiger partial charge is 0.495 e. The van der Waals surface area contributed by atoms with Gasteiger partial charge in [0, 0.05) is 13.2 Å². The summed E-state index contributed by atoms with van der Waals surface area (Å²) >= 11 is 0. The molecule has 4 nitrogen and oxygen atoms in total. The quantitative estimate of drug-likeness (QED) is 0.694. The summed E-state index contributed by atoms with van der Waals surface area (Å²) in [6.07, 6.45) is 3.99. The van der Waals surface area contributed by atoms with E-state index in [0.717, 1.165) is 37.9 Å². The number of hydrogen-bond donors (Lipinski definition) is 2. The molecule has 0 aromatic heterocycles. The van der Waals surface area contributed by atoms with Gasteiger partial charge in [0.15, 0.2) is 0 Å². The van der Waals surface area contributed by atoms with Crippen LogP contribution >= 0.6 is 0 Å². The van der Waals surface area contributed by atoms with Crippen molar-refractivity contribution >= 4 is 5.69 Å². The summed E-state index contributed by atoms with van der Waals surface area (Å²) in [6, 6.07) is 7.58. The van der Waals surface area contributed by atoms with Gasteiger partial charge in [-0.2, -0.15) is 5.26 Å². The maximum absolute atomic E-state index is 9.04. The van der Waals surface area contributed by atoms with Gasteiger partial charge >= 0.3 is 0 Å². The molecule has 1 aromatic rings. The van der Waals surface area contributed by atoms with Crippen LogP contribution in [0.4, 0.5) is 5.69 Å². The molecular weight excluding hydrogens is 228 g/mol. The molecule has 0 amide bonds. The van der Waals surface area contributed by atoms with Crippen molar-refractivity contribution in [3.05, 3.63) is 23.8 Å². The average Bonchev–Trinajstić information content (AvgIpc) is 2.42. The number of anilines is 1. The number of benzene rings is 1. The standard InChI is InChI=1S/C14H20N2O2/c1-18-13-8-6-7-12(11-15)14(13)16-9-4-2-3-5-10-17/h6-8,16-17H,2-5,9-10H2,1H3. The molecule has 0 bridgehead atoms. The fourth-order valence-electron chi connectivity index (χ4n) is 1.78. The van der Waals surface area contributed by atoms with Gasteiger partial charge in [-0.1, -0.05) is 18.9 Å². The Balaban J connectivity index is 2.48. The van der Waals surface area contributed by atoms with Gasteiger partial charge in [0.2, 0.25) is 0 Å². The van der Waals surface area contributed by atoms with Crippen LogP contribution < -0.4 is 10.1 Å². The van der Waals surface area contributed by atoms with Gasteiger partial charge in [-0.25, -0.2) is 0 Å². The Morgan fingerprint density at radius 1 is 1.28 bits per heavy atom. The first-order valence-corrected chi connectivity index (χ1v) is 6.25. The Morgan fingerprint density at radius 2 is 2.06 bits per heavy atom. The van der Waals surface area contributed by atoms with E-state index >= 15 is 0 Å². The van der Waals surface area contributed by atoms with E-state index in [1.807, 2.05) is 12.1 Å². The third kappa shape index (κ3) is 4.27. The molecule has 0 heterocycles. The molecule has 0 fully saturated rings. The van der Waals surface area contributed by atoms with E-state index < -0.39 is 0 Å². The number of para-hydroxylation sites is 1. The first-order valence-electron chi connectivity index (χ1n) is 6.25. The minimum Gasteiger partial charge on any atom is -0.495 e. The van der Waals surface area contributed by atoms with Crippen molar-refractivity contribution in [1.82, 2.24) is 0 Å². The van der Waals surface area contributed by atoms with Crippen molar-refractivity contribution in [2.24, 2.45) is 0 Å². The Hall–Kier alpha value is -1.73. The van der Waals surface area contributed by atoms with Crippen LogP contribution in [0.1, 0.15) is 31.2 Å². The Morgan fingerprint density at radius 3 is 2.72 bits per heavy atom. The lowest BCUT2D eigenvalue weighted by molar-refractivity contribution is 0.283. The fourth-order valence-corrected chi connectivity index (χ4v) is 1.78. The lowest BCUT2D eigenvalue weighted by Crippen LogP contribution is -2.05. The van der Waals surface area contributed by atoms with Crippen molar-refractivity contribution in [3.8, 4) is 11.8 Å². The summed E-state index contributed by atoms with van der Waals surface area (Å²) in [7, 11) is 1.60. The second kappa shape index (κ2) is 8.37. The summed E-state index contributed by atoms with van der Waals surface area (Å²) < 4.78 is 5.24. The molecular formula is C14H20N2O2. The van der Waals surface area contributed by atoms with Crippen molar-refractivity contribution < 1.29 is 9.84 Å². The number of nitriles is 1. The monoisotopic (exact) mass is 248 g/mol. The predicted molar refractivity (Wildman–Crippen MR) is 71.8 cm³/mol. The smallest absolute Gasteiger partial charge is 0.143 e. The molecule has 98 valence electrons. The number of methoxy groups -OCH3 is 1. The number of nitrogens with zero attached hydrogens (tertiary/aromatic N) is 1. The molecule has 0 unspecified atom stereocenters. The Bertz CT molecular complexity index is 399. The van der Waals surface area contributed by atoms with E-state index in [-0.39, 0.29) is 6.61 Å². The molecule has 1 rings (SSSR count). The molecule has 4 heteroatoms. The molecule has 0 saturated carbocycles. The lowest BCUT2D eigenvalue weighted by Gasteiger charge is -2.12. The second-order valence-electron chi connectivity index (χ2n) is 4.06. The highest BCUT2D eigenvalue weighted by Gasteiger charge is 2.07. The van der Waals surface area contributed by atoms with Crippen LogP contribution in [0.3, 0.4) is 0 Å². The number of aliphatic hydroxyl groups excluding tert-OH is 1. The van der Waals surface area contributed by atoms with Gasteiger partial charge < -0.3 is 15.2 Å². The Labute approximate surface area is 108 Å². The number of rotatable bonds is 8. The van der Waals surface area contributed by atoms with Gasteiger partial charge in [0.1, 0.15) is 11.8 Å². The third-order valence-corrected chi connectivity index (χ3v) is 2.75. The van der Waals surface area contributed by atoms with Gasteiger partial charge in [-0.3, -0.25) is 0 Å². The molecule has 0 saturated heterocycles. The maximum Gasteiger partial charge on any atom is 0.143 e. The van der Waals surface area contributed by atoms with Gasteiger partial charge in [0.25, 0.3) is 0 Å². The van der Waals surface area contributed by atoms with E-state index in [1.54, 1.807) is 13.2 Å². The van der Waals surface area contributed by atoms with Crippen LogP contribution in [0.2, 0.25) is 0 Å². The van der Waals surface area contributed by atoms with Crippen molar-refractivity contribution in [3.63, 3.8) is 0 Å². The van der Waals surface area contributed by atoms with Crippen molar-refractivity contribution in [1.29, 1.82) is 5.26 Å². The highest BCUT2D eigenvalue weighted by Crippen LogP contribution is 2.27. The van der Waals surface area contributed by atoms with Crippen LogP contribution in [0.15, 0.2) is 18.2 Å². The fraction of sp³-hybridized carbons (Fsp3) is 0.500. The SMILES string of the molecule is COc1cccc(C#N)c1NCCCCCCO. The number of aliphatic hydroxyl groups is 1. The predicted octanol–water partition coefficient (Wildman–Crippen LogP) is 2.53. The van der Waals surface area contributed by atoms with Crippen LogP contribution in [0.25, 0.3) is 0 Å². The molecule has 18 heavy (non-hydrogen) atoms. The summed E-state index contributed by atoms with van der Waals surface area (Å²) in [5.41, 5.74) is 1.37. The zero-order chi connectivity index (χ0) is 13.2. The molecule has 0 aliphatic rings. The number of hydrogen-bond acceptors (Lipinski definition) is 4. The third-order valence-electron chi connectivity index (χ3n) is 2.75. The van der Waals surface area contributed by atoms with E-state index in [1.165, 1.54) is 0 Å². The molecule has 0 radical (unpaired) electrons. The molecule has 0 atom stereocenters. The normalized spacial score (nSPS) is 9.83. The molecule has 1 aromatic carbocycles. The van der Waals surface area contributed by atoms with E-state index in [2.05, 4.69) is 11.4 Å². The first kappa shape index (κ1) is 14.3. The van der Waals surface area contributed by atoms with Gasteiger partial charge in [-0.15, -0.1) is 0 Å². The van der Waals surface area contributed by atoms with E-state index in [9.17, 15) is 0 Å². The summed E-state index contributed by atoms with van der Waals surface area (Å²) in [5, 5.41) is 21.0. The summed E-state index contributed by atoms with van der Waals surface area (Å²) in [4.78, 5) is 0. The van der Waals surface area contributed by atoms with E-state index in [4.69, 9.17) is 15.1 Å². The molecule has 2 N–H and O–H groups in total. The highest BCUT2D eigenvalue weighted by molar-refractivity contribution is 5.66. The van der Waals surface area contributed by atoms with Gasteiger partial charge in [-0.05, 0) is 25.0 Å². The number of ether oxygens (including phenoxy) is 1. The van der Waals surface area contributed by atoms with Crippen molar-refractivity contribution in [2.75, 3.05) is 25.6 Å². The van der Waals surface area contributed by atoms with Crippen LogP contribution in [0.5, 0.6) is 5.75 Å². The maximum atomic E-state index is 9.04. The zero-order valence-electron chi connectivity index (χ0n) is 10.8. The first-order chi connectivity index (χ1) is 8.83. The minimum absolute atomic E-state index is 0.262. The van der Waals surface area contributed by atoms with Crippen molar-refractivity contribution in [2.45, 2.75) is 25.7 Å². The summed E-state index contributed by atoms with van der Waals surface area (Å²) in [6.45, 7) is 1.07. The molecule has 0 aliphatic carbocycles. The van der Waals surface area contributed by atoms with Gasteiger partial charge in [0.05, 0.1) is 18.4 Å². The second-order valence-corrected chi connectivity index (χ2v) is 4.06. The van der Waals surface area contributed by atoms with Crippen LogP contribution in [-0.4, -0.2) is 25.4 Å². The van der Waals surface area contributed by atoms with Crippen LogP contribution in [-0.2, 0) is 0 Å². The molecule has 0 spiro atoms. The highest BCUT2D eigenvalue weighted by atomic mass is 16.5. The lowest BCUT2D eigenvalue weighted by atomic mass is 10.1. The minimum atomic E-state index is 0.262. The molecule has 0 aliphatic heterocycles. The summed E-state index contributed by atoms with van der Waals surface area (Å²) in [5.74, 6) is 0.699. The Kier molecular flexibility index (Phi) is 6.67. The number of nitrogens with one attached hydrogen (secondary N) is 1. The number of unbranched alkanes of at least 4 members (excludes halogenated alkanes) is 3. The van der Waals surface area contributed by atoms with E-state index in [0.29, 0.717) is 11.3 Å². The average molecular weight is 248 g/mol. The topological polar surface area (TPSA) is 65.3 Å². The zero-order valence-corrected chi connectivity index (χ0v) is 10.8.